The fraction of sp³-hybridized carbons (Fsp3) is 0.875. The second kappa shape index (κ2) is 9.64. The van der Waals surface area contributed by atoms with Crippen LogP contribution < -0.4 is 0 Å². The van der Waals surface area contributed by atoms with E-state index in [1.165, 1.54) is 30.6 Å². The molecule has 0 saturated carbocycles. The largest absolute Gasteiger partial charge is 0.469 e. The molecule has 0 spiro atoms. The number of esters is 1. The van der Waals surface area contributed by atoms with E-state index in [0.29, 0.717) is 17.9 Å². The van der Waals surface area contributed by atoms with Gasteiger partial charge in [-0.3, -0.25) is 4.79 Å². The average molecular weight is 240 g/mol. The summed E-state index contributed by atoms with van der Waals surface area (Å²) < 4.78 is 4.61. The highest BCUT2D eigenvalue weighted by molar-refractivity contribution is 8.17. The number of aliphatic hydroxyl groups is 2. The second-order valence-corrected chi connectivity index (χ2v) is 5.32. The van der Waals surface area contributed by atoms with Crippen molar-refractivity contribution in [2.45, 2.75) is 11.0 Å². The number of rotatable bonds is 8. The molecule has 0 rings (SSSR count). The van der Waals surface area contributed by atoms with Crippen LogP contribution in [0.5, 0.6) is 0 Å². The van der Waals surface area contributed by atoms with Gasteiger partial charge in [-0.15, -0.1) is 23.5 Å². The average Bonchev–Trinajstić information content (AvgIpc) is 2.21. The molecule has 0 aromatic carbocycles. The first-order chi connectivity index (χ1) is 6.74. The predicted octanol–water partition coefficient (Wildman–Crippen LogP) is 0.327. The van der Waals surface area contributed by atoms with Crippen molar-refractivity contribution in [3.05, 3.63) is 0 Å². The summed E-state index contributed by atoms with van der Waals surface area (Å²) in [4.78, 5) is 11.0. The summed E-state index contributed by atoms with van der Waals surface area (Å²) in [5.41, 5.74) is 0. The van der Waals surface area contributed by atoms with Crippen LogP contribution in [0.3, 0.4) is 0 Å². The Morgan fingerprint density at radius 2 is 1.79 bits per heavy atom. The third-order valence-corrected chi connectivity index (χ3v) is 4.08. The summed E-state index contributed by atoms with van der Waals surface area (Å²) in [7, 11) is 1.35. The van der Waals surface area contributed by atoms with Crippen molar-refractivity contribution in [2.24, 2.45) is 0 Å². The van der Waals surface area contributed by atoms with Crippen molar-refractivity contribution < 1.29 is 19.7 Å². The van der Waals surface area contributed by atoms with E-state index in [4.69, 9.17) is 10.2 Å². The van der Waals surface area contributed by atoms with Crippen LogP contribution in [0.4, 0.5) is 0 Å². The summed E-state index contributed by atoms with van der Waals surface area (Å²) in [5.74, 6) is 0.936. The van der Waals surface area contributed by atoms with E-state index in [9.17, 15) is 4.79 Å². The van der Waals surface area contributed by atoms with Crippen molar-refractivity contribution in [3.63, 3.8) is 0 Å². The number of hydrogen-bond donors (Lipinski definition) is 2. The normalized spacial score (nSPS) is 10.6. The molecule has 0 aromatic heterocycles. The molecule has 0 aliphatic rings. The number of aliphatic hydroxyl groups excluding tert-OH is 2. The molecule has 0 bridgehead atoms. The Kier molecular flexibility index (Phi) is 9.70. The molecule has 0 saturated heterocycles. The van der Waals surface area contributed by atoms with Crippen molar-refractivity contribution in [3.8, 4) is 0 Å². The van der Waals surface area contributed by atoms with E-state index in [2.05, 4.69) is 4.74 Å². The Labute approximate surface area is 92.4 Å². The highest BCUT2D eigenvalue weighted by atomic mass is 32.2. The number of ether oxygens (including phenoxy) is 1. The van der Waals surface area contributed by atoms with Crippen molar-refractivity contribution >= 4 is 29.5 Å². The fourth-order valence-corrected chi connectivity index (χ4v) is 2.96. The molecule has 0 atom stereocenters. The molecule has 0 aliphatic heterocycles. The number of thioether (sulfide) groups is 2. The van der Waals surface area contributed by atoms with E-state index in [0.717, 1.165) is 0 Å². The highest BCUT2D eigenvalue weighted by Crippen LogP contribution is 2.26. The molecule has 0 amide bonds. The smallest absolute Gasteiger partial charge is 0.307 e. The molecule has 0 fully saturated rings. The zero-order chi connectivity index (χ0) is 10.8. The van der Waals surface area contributed by atoms with E-state index in [1.807, 2.05) is 0 Å². The van der Waals surface area contributed by atoms with Gasteiger partial charge in [0, 0.05) is 11.5 Å². The number of hydrogen-bond acceptors (Lipinski definition) is 6. The van der Waals surface area contributed by atoms with Crippen molar-refractivity contribution in [2.75, 3.05) is 31.8 Å². The molecule has 0 aliphatic carbocycles. The SMILES string of the molecule is COC(=O)CC(SCCO)SCCO. The minimum atomic E-state index is -0.258. The van der Waals surface area contributed by atoms with Gasteiger partial charge in [0.25, 0.3) is 0 Å². The zero-order valence-corrected chi connectivity index (χ0v) is 9.77. The highest BCUT2D eigenvalue weighted by Gasteiger charge is 2.14. The lowest BCUT2D eigenvalue weighted by atomic mass is 10.5. The van der Waals surface area contributed by atoms with Gasteiger partial charge in [-0.2, -0.15) is 0 Å². The van der Waals surface area contributed by atoms with Gasteiger partial charge in [0.05, 0.1) is 31.3 Å². The summed E-state index contributed by atoms with van der Waals surface area (Å²) in [5, 5.41) is 17.3. The summed E-state index contributed by atoms with van der Waals surface area (Å²) in [6.45, 7) is 0.198. The van der Waals surface area contributed by atoms with Crippen LogP contribution in [-0.2, 0) is 9.53 Å². The van der Waals surface area contributed by atoms with Gasteiger partial charge in [0.15, 0.2) is 0 Å². The lowest BCUT2D eigenvalue weighted by Crippen LogP contribution is -2.11. The number of carbonyl (C=O) groups is 1. The van der Waals surface area contributed by atoms with Crippen LogP contribution in [0.25, 0.3) is 0 Å². The zero-order valence-electron chi connectivity index (χ0n) is 8.14. The minimum Gasteiger partial charge on any atom is -0.469 e. The van der Waals surface area contributed by atoms with E-state index in [-0.39, 0.29) is 23.8 Å². The van der Waals surface area contributed by atoms with Crippen LogP contribution in [0.1, 0.15) is 6.42 Å². The van der Waals surface area contributed by atoms with Gasteiger partial charge in [-0.1, -0.05) is 0 Å². The third kappa shape index (κ3) is 7.49. The first kappa shape index (κ1) is 14.1. The predicted molar refractivity (Wildman–Crippen MR) is 59.5 cm³/mol. The molecular weight excluding hydrogens is 224 g/mol. The molecule has 14 heavy (non-hydrogen) atoms. The summed E-state index contributed by atoms with van der Waals surface area (Å²) in [6, 6.07) is 0. The summed E-state index contributed by atoms with van der Waals surface area (Å²) >= 11 is 3.01. The Morgan fingerprint density at radius 3 is 2.14 bits per heavy atom. The van der Waals surface area contributed by atoms with Crippen LogP contribution in [0.2, 0.25) is 0 Å². The minimum absolute atomic E-state index is 0.0572. The molecule has 0 unspecified atom stereocenters. The third-order valence-electron chi connectivity index (χ3n) is 1.35. The van der Waals surface area contributed by atoms with Crippen LogP contribution in [-0.4, -0.2) is 52.6 Å². The maximum atomic E-state index is 11.0. The van der Waals surface area contributed by atoms with Gasteiger partial charge in [-0.05, 0) is 0 Å². The second-order valence-electron chi connectivity index (χ2n) is 2.40. The van der Waals surface area contributed by atoms with Crippen LogP contribution in [0, 0.1) is 0 Å². The number of carbonyl (C=O) groups excluding carboxylic acids is 1. The summed E-state index contributed by atoms with van der Waals surface area (Å²) in [6.07, 6.45) is 0.311. The van der Waals surface area contributed by atoms with Gasteiger partial charge in [0.1, 0.15) is 0 Å². The van der Waals surface area contributed by atoms with Crippen LogP contribution in [0.15, 0.2) is 0 Å². The van der Waals surface area contributed by atoms with Crippen molar-refractivity contribution in [1.29, 1.82) is 0 Å². The maximum absolute atomic E-state index is 11.0. The number of methoxy groups -OCH3 is 1. The first-order valence-corrected chi connectivity index (χ1v) is 6.36. The first-order valence-electron chi connectivity index (χ1n) is 4.26. The molecule has 4 nitrogen and oxygen atoms in total. The molecule has 2 N–H and O–H groups in total. The monoisotopic (exact) mass is 240 g/mol. The Bertz CT molecular complexity index is 146. The topological polar surface area (TPSA) is 66.8 Å². The van der Waals surface area contributed by atoms with Gasteiger partial charge >= 0.3 is 5.97 Å². The molecule has 0 radical (unpaired) electrons. The maximum Gasteiger partial charge on any atom is 0.307 e. The van der Waals surface area contributed by atoms with E-state index < -0.39 is 0 Å². The van der Waals surface area contributed by atoms with Gasteiger partial charge in [-0.25, -0.2) is 0 Å². The van der Waals surface area contributed by atoms with Crippen molar-refractivity contribution in [1.82, 2.24) is 0 Å². The quantitative estimate of drug-likeness (QED) is 0.471. The Balaban J connectivity index is 3.77. The fourth-order valence-electron chi connectivity index (χ4n) is 0.754. The molecular formula is C8H16O4S2. The van der Waals surface area contributed by atoms with E-state index >= 15 is 0 Å². The molecule has 84 valence electrons. The van der Waals surface area contributed by atoms with E-state index in [1.54, 1.807) is 0 Å². The molecule has 0 heterocycles. The Morgan fingerprint density at radius 1 is 1.29 bits per heavy atom. The molecule has 6 heteroatoms. The van der Waals surface area contributed by atoms with Crippen LogP contribution >= 0.6 is 23.5 Å². The van der Waals surface area contributed by atoms with Gasteiger partial charge in [0.2, 0.25) is 0 Å². The molecule has 0 aromatic rings. The lowest BCUT2D eigenvalue weighted by molar-refractivity contribution is -0.140. The van der Waals surface area contributed by atoms with Gasteiger partial charge < -0.3 is 14.9 Å². The Hall–Kier alpha value is 0.0900. The lowest BCUT2D eigenvalue weighted by Gasteiger charge is -2.13. The standard InChI is InChI=1S/C8H16O4S2/c1-12-7(11)6-8(13-4-2-9)14-5-3-10/h8-10H,2-6H2,1H3.